The Morgan fingerprint density at radius 3 is 2.09 bits per heavy atom. The van der Waals surface area contributed by atoms with Gasteiger partial charge in [-0.15, -0.1) is 0 Å². The lowest BCUT2D eigenvalue weighted by Crippen LogP contribution is -2.65. The number of nitrogens with zero attached hydrogens (tertiary/aromatic N) is 1. The fourth-order valence-electron chi connectivity index (χ4n) is 5.51. The highest BCUT2D eigenvalue weighted by molar-refractivity contribution is 6.06. The predicted molar refractivity (Wildman–Crippen MR) is 126 cm³/mol. The lowest BCUT2D eigenvalue weighted by molar-refractivity contribution is -0.149. The highest BCUT2D eigenvalue weighted by Gasteiger charge is 2.63. The molecule has 32 heavy (non-hydrogen) atoms. The van der Waals surface area contributed by atoms with Gasteiger partial charge in [0.05, 0.1) is 24.2 Å². The van der Waals surface area contributed by atoms with Crippen LogP contribution in [0.25, 0.3) is 0 Å². The maximum absolute atomic E-state index is 13.7. The first-order valence-corrected chi connectivity index (χ1v) is 11.3. The monoisotopic (exact) mass is 427 g/mol. The third-order valence-electron chi connectivity index (χ3n) is 7.45. The van der Waals surface area contributed by atoms with Crippen LogP contribution in [0, 0.1) is 12.3 Å². The number of hydrogen-bond acceptors (Lipinski definition) is 3. The van der Waals surface area contributed by atoms with Crippen LogP contribution in [0.2, 0.25) is 0 Å². The van der Waals surface area contributed by atoms with Crippen LogP contribution in [0.5, 0.6) is 5.75 Å². The third kappa shape index (κ3) is 3.21. The summed E-state index contributed by atoms with van der Waals surface area (Å²) in [5.74, 6) is 0.965. The van der Waals surface area contributed by atoms with Gasteiger partial charge < -0.3 is 14.7 Å². The van der Waals surface area contributed by atoms with Crippen LogP contribution in [0.4, 0.5) is 5.69 Å². The standard InChI is InChI=1S/C28H29NO3/c1-20-8-12-22(13-9-20)28(31)18-16-27(17-19-28)25(21-10-14-24(32-2)15-11-21)29(26(27)30)23-6-4-3-5-7-23/h3-15,25,31H,16-19H2,1-2H3. The molecular formula is C28H29NO3. The van der Waals surface area contributed by atoms with Gasteiger partial charge in [-0.1, -0.05) is 60.2 Å². The molecule has 2 fully saturated rings. The van der Waals surface area contributed by atoms with Gasteiger partial charge in [0.1, 0.15) is 5.75 Å². The maximum Gasteiger partial charge on any atom is 0.236 e. The number of hydrogen-bond donors (Lipinski definition) is 1. The van der Waals surface area contributed by atoms with E-state index in [1.54, 1.807) is 7.11 Å². The van der Waals surface area contributed by atoms with E-state index in [0.717, 1.165) is 22.6 Å². The molecule has 0 aromatic heterocycles. The summed E-state index contributed by atoms with van der Waals surface area (Å²) in [7, 11) is 1.66. The number of benzene rings is 3. The van der Waals surface area contributed by atoms with Crippen LogP contribution >= 0.6 is 0 Å². The number of anilines is 1. The number of carbonyl (C=O) groups excluding carboxylic acids is 1. The first-order valence-electron chi connectivity index (χ1n) is 11.3. The molecule has 1 saturated heterocycles. The molecule has 4 nitrogen and oxygen atoms in total. The fraction of sp³-hybridized carbons (Fsp3) is 0.321. The predicted octanol–water partition coefficient (Wildman–Crippen LogP) is 5.54. The first-order chi connectivity index (χ1) is 15.5. The van der Waals surface area contributed by atoms with Crippen molar-refractivity contribution in [1.82, 2.24) is 0 Å². The molecule has 5 rings (SSSR count). The fourth-order valence-corrected chi connectivity index (χ4v) is 5.51. The summed E-state index contributed by atoms with van der Waals surface area (Å²) in [6.07, 6.45) is 2.49. The number of methoxy groups -OCH3 is 1. The van der Waals surface area contributed by atoms with Crippen molar-refractivity contribution in [2.24, 2.45) is 5.41 Å². The van der Waals surface area contributed by atoms with Crippen LogP contribution in [-0.2, 0) is 10.4 Å². The van der Waals surface area contributed by atoms with Gasteiger partial charge in [-0.25, -0.2) is 0 Å². The number of β-lactam (4-membered cyclic amide) rings is 1. The molecule has 1 atom stereocenters. The smallest absolute Gasteiger partial charge is 0.236 e. The van der Waals surface area contributed by atoms with Gasteiger partial charge >= 0.3 is 0 Å². The zero-order chi connectivity index (χ0) is 22.3. The van der Waals surface area contributed by atoms with E-state index in [1.807, 2.05) is 78.6 Å². The normalized spacial score (nSPS) is 27.3. The Morgan fingerprint density at radius 2 is 1.50 bits per heavy atom. The van der Waals surface area contributed by atoms with E-state index >= 15 is 0 Å². The van der Waals surface area contributed by atoms with Gasteiger partial charge in [-0.05, 0) is 68.0 Å². The molecular weight excluding hydrogens is 398 g/mol. The molecule has 1 saturated carbocycles. The summed E-state index contributed by atoms with van der Waals surface area (Å²) < 4.78 is 5.34. The van der Waals surface area contributed by atoms with Crippen molar-refractivity contribution < 1.29 is 14.6 Å². The van der Waals surface area contributed by atoms with E-state index < -0.39 is 11.0 Å². The molecule has 1 amide bonds. The van der Waals surface area contributed by atoms with Gasteiger partial charge in [0.15, 0.2) is 0 Å². The molecule has 3 aromatic carbocycles. The zero-order valence-corrected chi connectivity index (χ0v) is 18.6. The lowest BCUT2D eigenvalue weighted by atomic mass is 9.56. The van der Waals surface area contributed by atoms with Gasteiger partial charge in [0.25, 0.3) is 0 Å². The molecule has 4 heteroatoms. The van der Waals surface area contributed by atoms with E-state index in [0.29, 0.717) is 25.7 Å². The number of rotatable bonds is 4. The summed E-state index contributed by atoms with van der Waals surface area (Å²) in [6, 6.07) is 26.0. The Hall–Kier alpha value is -3.11. The van der Waals surface area contributed by atoms with Crippen LogP contribution in [-0.4, -0.2) is 18.1 Å². The number of para-hydroxylation sites is 1. The third-order valence-corrected chi connectivity index (χ3v) is 7.45. The Morgan fingerprint density at radius 1 is 0.875 bits per heavy atom. The second kappa shape index (κ2) is 7.79. The van der Waals surface area contributed by atoms with E-state index in [2.05, 4.69) is 12.1 Å². The second-order valence-corrected chi connectivity index (χ2v) is 9.24. The Kier molecular flexibility index (Phi) is 5.06. The highest BCUT2D eigenvalue weighted by Crippen LogP contribution is 2.61. The Bertz CT molecular complexity index is 1100. The molecule has 2 aliphatic rings. The van der Waals surface area contributed by atoms with E-state index in [4.69, 9.17) is 4.74 Å². The largest absolute Gasteiger partial charge is 0.497 e. The second-order valence-electron chi connectivity index (χ2n) is 9.24. The number of ether oxygens (including phenoxy) is 1. The molecule has 0 bridgehead atoms. The minimum Gasteiger partial charge on any atom is -0.497 e. The molecule has 1 N–H and O–H groups in total. The van der Waals surface area contributed by atoms with E-state index in [1.165, 1.54) is 5.56 Å². The average molecular weight is 428 g/mol. The summed E-state index contributed by atoms with van der Waals surface area (Å²) in [5.41, 5.74) is 2.79. The van der Waals surface area contributed by atoms with Crippen molar-refractivity contribution >= 4 is 11.6 Å². The van der Waals surface area contributed by atoms with Crippen molar-refractivity contribution in [2.75, 3.05) is 12.0 Å². The molecule has 1 spiro atoms. The van der Waals surface area contributed by atoms with E-state index in [-0.39, 0.29) is 11.9 Å². The van der Waals surface area contributed by atoms with Crippen molar-refractivity contribution in [3.8, 4) is 5.75 Å². The number of amides is 1. The molecule has 1 aliphatic heterocycles. The SMILES string of the molecule is COc1ccc(C2N(c3ccccc3)C(=O)C23CCC(O)(c2ccc(C)cc2)CC3)cc1. The van der Waals surface area contributed by atoms with Crippen LogP contribution < -0.4 is 9.64 Å². The summed E-state index contributed by atoms with van der Waals surface area (Å²) in [6.45, 7) is 2.05. The molecule has 0 radical (unpaired) electrons. The minimum atomic E-state index is -0.878. The average Bonchev–Trinajstić information content (AvgIpc) is 2.84. The quantitative estimate of drug-likeness (QED) is 0.556. The maximum atomic E-state index is 13.7. The number of aryl methyl sites for hydroxylation is 1. The highest BCUT2D eigenvalue weighted by atomic mass is 16.5. The molecule has 1 unspecified atom stereocenters. The van der Waals surface area contributed by atoms with Crippen LogP contribution in [0.15, 0.2) is 78.9 Å². The Balaban J connectivity index is 1.48. The van der Waals surface area contributed by atoms with Crippen molar-refractivity contribution in [2.45, 2.75) is 44.2 Å². The molecule has 164 valence electrons. The lowest BCUT2D eigenvalue weighted by Gasteiger charge is -2.59. The van der Waals surface area contributed by atoms with Gasteiger partial charge in [0.2, 0.25) is 5.91 Å². The van der Waals surface area contributed by atoms with Crippen molar-refractivity contribution in [3.05, 3.63) is 95.6 Å². The Labute approximate surface area is 189 Å². The van der Waals surface area contributed by atoms with Crippen LogP contribution in [0.1, 0.15) is 48.4 Å². The minimum absolute atomic E-state index is 0.0501. The van der Waals surface area contributed by atoms with Crippen molar-refractivity contribution in [1.29, 1.82) is 0 Å². The summed E-state index contributed by atoms with van der Waals surface area (Å²) in [5, 5.41) is 11.4. The molecule has 1 aliphatic carbocycles. The molecule has 3 aromatic rings. The van der Waals surface area contributed by atoms with Gasteiger partial charge in [-0.3, -0.25) is 4.79 Å². The zero-order valence-electron chi connectivity index (χ0n) is 18.6. The van der Waals surface area contributed by atoms with Gasteiger partial charge in [-0.2, -0.15) is 0 Å². The summed E-state index contributed by atoms with van der Waals surface area (Å²) in [4.78, 5) is 15.6. The first kappa shape index (κ1) is 20.8. The molecule has 1 heterocycles. The van der Waals surface area contributed by atoms with E-state index in [9.17, 15) is 9.90 Å². The number of aliphatic hydroxyl groups is 1. The summed E-state index contributed by atoms with van der Waals surface area (Å²) >= 11 is 0. The topological polar surface area (TPSA) is 49.8 Å². The van der Waals surface area contributed by atoms with Gasteiger partial charge in [0, 0.05) is 5.69 Å². The number of carbonyl (C=O) groups is 1. The van der Waals surface area contributed by atoms with Crippen LogP contribution in [0.3, 0.4) is 0 Å². The van der Waals surface area contributed by atoms with Crippen molar-refractivity contribution in [3.63, 3.8) is 0 Å².